The number of anilines is 2. The summed E-state index contributed by atoms with van der Waals surface area (Å²) in [6, 6.07) is 15.2. The number of carbonyl (C=O) groups is 2. The van der Waals surface area contributed by atoms with E-state index in [1.54, 1.807) is 66.9 Å². The fraction of sp³-hybridized carbons (Fsp3) is 0.208. The van der Waals surface area contributed by atoms with Crippen molar-refractivity contribution >= 4 is 34.9 Å². The molecular formula is C24H23ClN4O5. The van der Waals surface area contributed by atoms with E-state index in [-0.39, 0.29) is 24.3 Å². The van der Waals surface area contributed by atoms with Crippen LogP contribution in [0.5, 0.6) is 5.75 Å². The summed E-state index contributed by atoms with van der Waals surface area (Å²) in [7, 11) is 1.43. The van der Waals surface area contributed by atoms with Crippen LogP contribution in [-0.2, 0) is 4.79 Å². The van der Waals surface area contributed by atoms with Gasteiger partial charge in [-0.05, 0) is 60.7 Å². The van der Waals surface area contributed by atoms with Crippen LogP contribution >= 0.6 is 11.6 Å². The molecule has 0 saturated carbocycles. The average Bonchev–Trinajstić information content (AvgIpc) is 3.23. The van der Waals surface area contributed by atoms with Crippen LogP contribution in [0.3, 0.4) is 0 Å². The highest BCUT2D eigenvalue weighted by Crippen LogP contribution is 2.22. The molecule has 0 bridgehead atoms. The second-order valence-corrected chi connectivity index (χ2v) is 8.22. The zero-order valence-electron chi connectivity index (χ0n) is 18.3. The largest absolute Gasteiger partial charge is 0.491 e. The molecule has 9 nitrogen and oxygen atoms in total. The van der Waals surface area contributed by atoms with E-state index in [0.29, 0.717) is 22.1 Å². The van der Waals surface area contributed by atoms with E-state index in [1.165, 1.54) is 16.6 Å². The van der Waals surface area contributed by atoms with Gasteiger partial charge in [0.1, 0.15) is 6.04 Å². The number of aromatic nitrogens is 1. The molecule has 2 atom stereocenters. The van der Waals surface area contributed by atoms with Gasteiger partial charge in [0, 0.05) is 41.2 Å². The SMILES string of the molecule is COc1cccn(-c2ccc(NC(=O)[C@H]3C[C@@H](O)CN3C(=O)Nc3ccc(Cl)cc3)cc2)c1=O. The number of nitrogens with zero attached hydrogens (tertiary/aromatic N) is 2. The number of rotatable bonds is 5. The molecule has 0 aliphatic carbocycles. The molecule has 3 aromatic rings. The number of methoxy groups -OCH3 is 1. The second-order valence-electron chi connectivity index (χ2n) is 7.78. The Balaban J connectivity index is 1.45. The number of pyridine rings is 1. The van der Waals surface area contributed by atoms with E-state index in [1.807, 2.05) is 0 Å². The summed E-state index contributed by atoms with van der Waals surface area (Å²) in [6.07, 6.45) is 0.932. The number of urea groups is 1. The topological polar surface area (TPSA) is 113 Å². The molecule has 1 fully saturated rings. The van der Waals surface area contributed by atoms with Crippen molar-refractivity contribution in [2.75, 3.05) is 24.3 Å². The minimum atomic E-state index is -0.844. The Bertz CT molecular complexity index is 1240. The Hall–Kier alpha value is -3.82. The van der Waals surface area contributed by atoms with E-state index < -0.39 is 24.1 Å². The van der Waals surface area contributed by atoms with Crippen molar-refractivity contribution in [1.29, 1.82) is 0 Å². The third kappa shape index (κ3) is 5.05. The lowest BCUT2D eigenvalue weighted by Crippen LogP contribution is -2.45. The van der Waals surface area contributed by atoms with Gasteiger partial charge in [-0.1, -0.05) is 11.6 Å². The Morgan fingerprint density at radius 2 is 1.68 bits per heavy atom. The second kappa shape index (κ2) is 9.98. The van der Waals surface area contributed by atoms with Crippen molar-refractivity contribution in [3.63, 3.8) is 0 Å². The minimum absolute atomic E-state index is 0.0369. The molecule has 3 amide bonds. The highest BCUT2D eigenvalue weighted by Gasteiger charge is 2.39. The van der Waals surface area contributed by atoms with Crippen molar-refractivity contribution in [2.24, 2.45) is 0 Å². The predicted octanol–water partition coefficient (Wildman–Crippen LogP) is 3.11. The standard InChI is InChI=1S/C24H23ClN4O5/c1-34-21-3-2-12-28(23(21)32)18-10-8-16(9-11-18)26-22(31)20-13-19(30)14-29(20)24(33)27-17-6-4-15(25)5-7-17/h2-12,19-20,30H,13-14H2,1H3,(H,26,31)(H,27,33)/t19-,20-/m1/s1. The van der Waals surface area contributed by atoms with Gasteiger partial charge in [0.15, 0.2) is 5.75 Å². The monoisotopic (exact) mass is 482 g/mol. The number of carbonyl (C=O) groups excluding carboxylic acids is 2. The molecule has 10 heteroatoms. The van der Waals surface area contributed by atoms with Crippen LogP contribution in [0.4, 0.5) is 16.2 Å². The number of aliphatic hydroxyl groups is 1. The number of β-amino-alcohol motifs (C(OH)–C–C–N with tert-alkyl or cyclic N) is 1. The Kier molecular flexibility index (Phi) is 6.85. The molecule has 1 aromatic heterocycles. The highest BCUT2D eigenvalue weighted by atomic mass is 35.5. The van der Waals surface area contributed by atoms with Gasteiger partial charge >= 0.3 is 6.03 Å². The van der Waals surface area contributed by atoms with Crippen LogP contribution in [0.2, 0.25) is 5.02 Å². The van der Waals surface area contributed by atoms with Gasteiger partial charge in [-0.25, -0.2) is 4.79 Å². The van der Waals surface area contributed by atoms with Crippen molar-refractivity contribution in [3.05, 3.63) is 82.2 Å². The summed E-state index contributed by atoms with van der Waals surface area (Å²) >= 11 is 5.87. The zero-order valence-corrected chi connectivity index (χ0v) is 19.0. The number of benzene rings is 2. The maximum Gasteiger partial charge on any atom is 0.322 e. The third-order valence-corrected chi connectivity index (χ3v) is 5.74. The quantitative estimate of drug-likeness (QED) is 0.517. The predicted molar refractivity (Wildman–Crippen MR) is 129 cm³/mol. The van der Waals surface area contributed by atoms with Gasteiger partial charge in [0.05, 0.1) is 13.2 Å². The zero-order chi connectivity index (χ0) is 24.2. The lowest BCUT2D eigenvalue weighted by atomic mass is 10.1. The first kappa shape index (κ1) is 23.3. The van der Waals surface area contributed by atoms with E-state index in [2.05, 4.69) is 10.6 Å². The molecular weight excluding hydrogens is 460 g/mol. The van der Waals surface area contributed by atoms with Crippen LogP contribution in [0.15, 0.2) is 71.7 Å². The van der Waals surface area contributed by atoms with Crippen molar-refractivity contribution in [1.82, 2.24) is 9.47 Å². The van der Waals surface area contributed by atoms with Gasteiger partial charge in [-0.3, -0.25) is 14.2 Å². The molecule has 2 aromatic carbocycles. The van der Waals surface area contributed by atoms with Crippen molar-refractivity contribution in [2.45, 2.75) is 18.6 Å². The number of amides is 3. The molecule has 3 N–H and O–H groups in total. The molecule has 176 valence electrons. The maximum atomic E-state index is 12.9. The van der Waals surface area contributed by atoms with Crippen LogP contribution in [0.1, 0.15) is 6.42 Å². The fourth-order valence-electron chi connectivity index (χ4n) is 3.78. The molecule has 1 saturated heterocycles. The Morgan fingerprint density at radius 1 is 1.03 bits per heavy atom. The molecule has 0 radical (unpaired) electrons. The lowest BCUT2D eigenvalue weighted by molar-refractivity contribution is -0.119. The van der Waals surface area contributed by atoms with Gasteiger partial charge in [0.25, 0.3) is 5.56 Å². The summed E-state index contributed by atoms with van der Waals surface area (Å²) in [5.41, 5.74) is 1.31. The van der Waals surface area contributed by atoms with Crippen LogP contribution in [0.25, 0.3) is 5.69 Å². The first-order valence-electron chi connectivity index (χ1n) is 10.5. The summed E-state index contributed by atoms with van der Waals surface area (Å²) < 4.78 is 6.50. The molecule has 1 aliphatic rings. The maximum absolute atomic E-state index is 12.9. The first-order valence-corrected chi connectivity index (χ1v) is 10.9. The molecule has 1 aliphatic heterocycles. The number of hydrogen-bond acceptors (Lipinski definition) is 5. The van der Waals surface area contributed by atoms with E-state index in [0.717, 1.165) is 0 Å². The van der Waals surface area contributed by atoms with Crippen molar-refractivity contribution in [3.8, 4) is 11.4 Å². The number of nitrogens with one attached hydrogen (secondary N) is 2. The Labute approximate surface area is 200 Å². The van der Waals surface area contributed by atoms with Gasteiger partial charge in [0.2, 0.25) is 5.91 Å². The molecule has 4 rings (SSSR count). The third-order valence-electron chi connectivity index (χ3n) is 5.48. The van der Waals surface area contributed by atoms with Gasteiger partial charge in [-0.2, -0.15) is 0 Å². The van der Waals surface area contributed by atoms with Crippen LogP contribution < -0.4 is 20.9 Å². The van der Waals surface area contributed by atoms with Crippen molar-refractivity contribution < 1.29 is 19.4 Å². The number of aliphatic hydroxyl groups excluding tert-OH is 1. The number of likely N-dealkylation sites (tertiary alicyclic amines) is 1. The van der Waals surface area contributed by atoms with E-state index in [4.69, 9.17) is 16.3 Å². The number of ether oxygens (including phenoxy) is 1. The van der Waals surface area contributed by atoms with Crippen LogP contribution in [-0.4, -0.2) is 52.3 Å². The first-order chi connectivity index (χ1) is 16.4. The summed E-state index contributed by atoms with van der Waals surface area (Å²) in [5, 5.41) is 16.1. The van der Waals surface area contributed by atoms with Gasteiger partial charge < -0.3 is 25.4 Å². The minimum Gasteiger partial charge on any atom is -0.491 e. The molecule has 2 heterocycles. The summed E-state index contributed by atoms with van der Waals surface area (Å²) in [4.78, 5) is 39.4. The molecule has 34 heavy (non-hydrogen) atoms. The molecule has 0 unspecified atom stereocenters. The fourth-order valence-corrected chi connectivity index (χ4v) is 3.91. The number of halogens is 1. The summed E-state index contributed by atoms with van der Waals surface area (Å²) in [5.74, 6) is -0.203. The average molecular weight is 483 g/mol. The Morgan fingerprint density at radius 3 is 2.35 bits per heavy atom. The van der Waals surface area contributed by atoms with Crippen LogP contribution in [0, 0.1) is 0 Å². The van der Waals surface area contributed by atoms with Gasteiger partial charge in [-0.15, -0.1) is 0 Å². The number of hydrogen-bond donors (Lipinski definition) is 3. The smallest absolute Gasteiger partial charge is 0.322 e. The highest BCUT2D eigenvalue weighted by molar-refractivity contribution is 6.30. The lowest BCUT2D eigenvalue weighted by Gasteiger charge is -2.24. The molecule has 0 spiro atoms. The van der Waals surface area contributed by atoms with E-state index in [9.17, 15) is 19.5 Å². The summed E-state index contributed by atoms with van der Waals surface area (Å²) in [6.45, 7) is 0.0369. The van der Waals surface area contributed by atoms with E-state index >= 15 is 0 Å². The normalized spacial score (nSPS) is 17.3.